The van der Waals surface area contributed by atoms with Crippen molar-refractivity contribution in [2.45, 2.75) is 33.1 Å². The third-order valence-corrected chi connectivity index (χ3v) is 3.09. The summed E-state index contributed by atoms with van der Waals surface area (Å²) >= 11 is 0. The first-order valence-electron chi connectivity index (χ1n) is 7.07. The quantitative estimate of drug-likeness (QED) is 0.438. The van der Waals surface area contributed by atoms with E-state index in [2.05, 4.69) is 0 Å². The van der Waals surface area contributed by atoms with E-state index in [0.717, 1.165) is 6.42 Å². The lowest BCUT2D eigenvalue weighted by Gasteiger charge is -2.14. The average Bonchev–Trinajstić information content (AvgIpc) is 2.64. The molecule has 0 aromatic heterocycles. The summed E-state index contributed by atoms with van der Waals surface area (Å²) in [6, 6.07) is 0. The third kappa shape index (κ3) is 5.38. The zero-order valence-electron chi connectivity index (χ0n) is 12.2. The van der Waals surface area contributed by atoms with Crippen LogP contribution in [0.5, 0.6) is 0 Å². The second-order valence-corrected chi connectivity index (χ2v) is 4.94. The maximum absolute atomic E-state index is 11.6. The number of ether oxygens (including phenoxy) is 2. The van der Waals surface area contributed by atoms with E-state index >= 15 is 0 Å². The second-order valence-electron chi connectivity index (χ2n) is 4.94. The zero-order valence-corrected chi connectivity index (χ0v) is 12.2. The molecule has 0 aromatic carbocycles. The number of ketones is 1. The first kappa shape index (κ1) is 16.8. The molecule has 1 rings (SSSR count). The van der Waals surface area contributed by atoms with Gasteiger partial charge in [-0.05, 0) is 6.42 Å². The molecule has 2 amide bonds. The molecule has 114 valence electrons. The minimum atomic E-state index is -0.213. The van der Waals surface area contributed by atoms with Crippen molar-refractivity contribution in [3.8, 4) is 0 Å². The summed E-state index contributed by atoms with van der Waals surface area (Å²) in [5.41, 5.74) is 0. The van der Waals surface area contributed by atoms with Gasteiger partial charge in [0.1, 0.15) is 6.61 Å². The molecule has 0 aromatic rings. The smallest absolute Gasteiger partial charge is 0.232 e. The Labute approximate surface area is 119 Å². The number of amides is 2. The van der Waals surface area contributed by atoms with Crippen molar-refractivity contribution in [1.29, 1.82) is 0 Å². The molecular weight excluding hydrogens is 262 g/mol. The third-order valence-electron chi connectivity index (χ3n) is 3.09. The van der Waals surface area contributed by atoms with E-state index in [-0.39, 0.29) is 36.7 Å². The van der Waals surface area contributed by atoms with Crippen molar-refractivity contribution in [2.75, 3.05) is 33.0 Å². The largest absolute Gasteiger partial charge is 0.377 e. The first-order chi connectivity index (χ1) is 9.56. The fourth-order valence-corrected chi connectivity index (χ4v) is 2.00. The molecule has 0 saturated carbocycles. The number of rotatable bonds is 10. The molecule has 1 aliphatic rings. The maximum Gasteiger partial charge on any atom is 0.232 e. The van der Waals surface area contributed by atoms with Crippen molar-refractivity contribution in [2.24, 2.45) is 5.92 Å². The SMILES string of the molecule is CCCC(=O)COCCOCCN1C(=O)CC(C)C1=O. The Morgan fingerprint density at radius 1 is 1.25 bits per heavy atom. The van der Waals surface area contributed by atoms with Crippen LogP contribution in [0.15, 0.2) is 0 Å². The van der Waals surface area contributed by atoms with E-state index in [1.54, 1.807) is 6.92 Å². The van der Waals surface area contributed by atoms with Gasteiger partial charge in [0.05, 0.1) is 26.4 Å². The Hall–Kier alpha value is -1.27. The van der Waals surface area contributed by atoms with Gasteiger partial charge in [-0.1, -0.05) is 13.8 Å². The highest BCUT2D eigenvalue weighted by Gasteiger charge is 2.34. The highest BCUT2D eigenvalue weighted by atomic mass is 16.5. The van der Waals surface area contributed by atoms with Crippen LogP contribution in [0.25, 0.3) is 0 Å². The molecule has 6 nitrogen and oxygen atoms in total. The van der Waals surface area contributed by atoms with Crippen molar-refractivity contribution in [3.63, 3.8) is 0 Å². The molecule has 0 spiro atoms. The molecule has 1 fully saturated rings. The molecule has 1 atom stereocenters. The van der Waals surface area contributed by atoms with Gasteiger partial charge < -0.3 is 9.47 Å². The van der Waals surface area contributed by atoms with Crippen LogP contribution in [-0.4, -0.2) is 55.5 Å². The van der Waals surface area contributed by atoms with Crippen LogP contribution in [0.4, 0.5) is 0 Å². The Balaban J connectivity index is 2.01. The number of hydrogen-bond donors (Lipinski definition) is 0. The molecule has 0 aliphatic carbocycles. The number of likely N-dealkylation sites (tertiary alicyclic amines) is 1. The molecule has 0 N–H and O–H groups in total. The molecule has 1 aliphatic heterocycles. The molecule has 6 heteroatoms. The van der Waals surface area contributed by atoms with Gasteiger partial charge >= 0.3 is 0 Å². The van der Waals surface area contributed by atoms with Crippen LogP contribution in [0.3, 0.4) is 0 Å². The van der Waals surface area contributed by atoms with Gasteiger partial charge in [0, 0.05) is 18.8 Å². The van der Waals surface area contributed by atoms with Crippen LogP contribution in [0, 0.1) is 5.92 Å². The van der Waals surface area contributed by atoms with Crippen LogP contribution in [0.2, 0.25) is 0 Å². The molecule has 1 heterocycles. The predicted molar refractivity (Wildman–Crippen MR) is 72.1 cm³/mol. The van der Waals surface area contributed by atoms with E-state index in [1.165, 1.54) is 4.90 Å². The van der Waals surface area contributed by atoms with Crippen molar-refractivity contribution >= 4 is 17.6 Å². The number of imide groups is 1. The summed E-state index contributed by atoms with van der Waals surface area (Å²) in [6.07, 6.45) is 1.66. The van der Waals surface area contributed by atoms with E-state index in [4.69, 9.17) is 9.47 Å². The number of carbonyl (C=O) groups excluding carboxylic acids is 3. The maximum atomic E-state index is 11.6. The van der Waals surface area contributed by atoms with Crippen LogP contribution in [0.1, 0.15) is 33.1 Å². The summed E-state index contributed by atoms with van der Waals surface area (Å²) in [5, 5.41) is 0. The molecule has 1 unspecified atom stereocenters. The minimum Gasteiger partial charge on any atom is -0.377 e. The van der Waals surface area contributed by atoms with Crippen LogP contribution in [-0.2, 0) is 23.9 Å². The fourth-order valence-electron chi connectivity index (χ4n) is 2.00. The number of Topliss-reactive ketones (excluding diaryl/α,β-unsaturated/α-hetero) is 1. The minimum absolute atomic E-state index is 0.0924. The van der Waals surface area contributed by atoms with E-state index in [9.17, 15) is 14.4 Å². The lowest BCUT2D eigenvalue weighted by atomic mass is 10.1. The lowest BCUT2D eigenvalue weighted by Crippen LogP contribution is -2.33. The summed E-state index contributed by atoms with van der Waals surface area (Å²) < 4.78 is 10.4. The Bertz CT molecular complexity index is 355. The van der Waals surface area contributed by atoms with E-state index in [0.29, 0.717) is 32.7 Å². The summed E-state index contributed by atoms with van der Waals surface area (Å²) in [6.45, 7) is 5.11. The monoisotopic (exact) mass is 285 g/mol. The Morgan fingerprint density at radius 2 is 1.95 bits per heavy atom. The van der Waals surface area contributed by atoms with Gasteiger partial charge in [-0.25, -0.2) is 0 Å². The van der Waals surface area contributed by atoms with Crippen molar-refractivity contribution in [3.05, 3.63) is 0 Å². The van der Waals surface area contributed by atoms with Gasteiger partial charge in [0.15, 0.2) is 5.78 Å². The van der Waals surface area contributed by atoms with E-state index < -0.39 is 0 Å². The lowest BCUT2D eigenvalue weighted by molar-refractivity contribution is -0.140. The number of hydrogen-bond acceptors (Lipinski definition) is 5. The van der Waals surface area contributed by atoms with Gasteiger partial charge in [0.2, 0.25) is 11.8 Å². The topological polar surface area (TPSA) is 72.9 Å². The Morgan fingerprint density at radius 3 is 2.55 bits per heavy atom. The number of carbonyl (C=O) groups is 3. The van der Waals surface area contributed by atoms with Crippen molar-refractivity contribution in [1.82, 2.24) is 4.90 Å². The van der Waals surface area contributed by atoms with Gasteiger partial charge in [0.25, 0.3) is 0 Å². The fraction of sp³-hybridized carbons (Fsp3) is 0.786. The summed E-state index contributed by atoms with van der Waals surface area (Å²) in [4.78, 5) is 35.5. The van der Waals surface area contributed by atoms with Crippen LogP contribution >= 0.6 is 0 Å². The Kier molecular flexibility index (Phi) is 7.40. The van der Waals surface area contributed by atoms with Gasteiger partial charge in [-0.2, -0.15) is 0 Å². The molecule has 0 radical (unpaired) electrons. The molecular formula is C14H23NO5. The average molecular weight is 285 g/mol. The van der Waals surface area contributed by atoms with Crippen LogP contribution < -0.4 is 0 Å². The highest BCUT2D eigenvalue weighted by molar-refractivity contribution is 6.03. The highest BCUT2D eigenvalue weighted by Crippen LogP contribution is 2.17. The van der Waals surface area contributed by atoms with Crippen molar-refractivity contribution < 1.29 is 23.9 Å². The van der Waals surface area contributed by atoms with E-state index in [1.807, 2.05) is 6.92 Å². The predicted octanol–water partition coefficient (Wildman–Crippen LogP) is 0.784. The second kappa shape index (κ2) is 8.81. The summed E-state index contributed by atoms with van der Waals surface area (Å²) in [5.74, 6) is -0.377. The van der Waals surface area contributed by atoms with Gasteiger partial charge in [-0.3, -0.25) is 19.3 Å². The number of nitrogens with zero attached hydrogens (tertiary/aromatic N) is 1. The molecule has 1 saturated heterocycles. The normalized spacial score (nSPS) is 18.9. The summed E-state index contributed by atoms with van der Waals surface area (Å²) in [7, 11) is 0. The standard InChI is InChI=1S/C14H23NO5/c1-3-4-12(16)10-20-8-7-19-6-5-15-13(17)9-11(2)14(15)18/h11H,3-10H2,1-2H3. The van der Waals surface area contributed by atoms with Gasteiger partial charge in [-0.15, -0.1) is 0 Å². The molecule has 20 heavy (non-hydrogen) atoms. The molecule has 0 bridgehead atoms. The first-order valence-corrected chi connectivity index (χ1v) is 7.07. The zero-order chi connectivity index (χ0) is 15.0.